The Morgan fingerprint density at radius 2 is 2.12 bits per heavy atom. The lowest BCUT2D eigenvalue weighted by Gasteiger charge is -2.16. The summed E-state index contributed by atoms with van der Waals surface area (Å²) < 4.78 is 21.4. The molecule has 25 heavy (non-hydrogen) atoms. The van der Waals surface area contributed by atoms with Gasteiger partial charge in [-0.3, -0.25) is 4.57 Å². The summed E-state index contributed by atoms with van der Waals surface area (Å²) >= 11 is 0. The third-order valence-corrected chi connectivity index (χ3v) is 4.98. The molecule has 136 valence electrons. The van der Waals surface area contributed by atoms with Gasteiger partial charge in [-0.05, 0) is 19.8 Å². The van der Waals surface area contributed by atoms with Crippen molar-refractivity contribution in [2.75, 3.05) is 11.9 Å². The molecule has 2 aliphatic rings. The zero-order chi connectivity index (χ0) is 17.6. The molecule has 0 spiro atoms. The lowest BCUT2D eigenvalue weighted by Crippen LogP contribution is -2.30. The number of halogens is 1. The highest BCUT2D eigenvalue weighted by Crippen LogP contribution is 2.34. The van der Waals surface area contributed by atoms with E-state index >= 15 is 0 Å². The number of aliphatic hydroxyl groups is 2. The van der Waals surface area contributed by atoms with Gasteiger partial charge in [0.2, 0.25) is 0 Å². The van der Waals surface area contributed by atoms with Crippen LogP contribution in [0.4, 0.5) is 10.2 Å². The number of alkyl halides is 1. The Bertz CT molecular complexity index is 764. The van der Waals surface area contributed by atoms with Crippen LogP contribution >= 0.6 is 0 Å². The molecule has 0 amide bonds. The fourth-order valence-electron chi connectivity index (χ4n) is 3.65. The van der Waals surface area contributed by atoms with E-state index in [1.165, 1.54) is 23.7 Å². The molecule has 1 aliphatic heterocycles. The predicted octanol–water partition coefficient (Wildman–Crippen LogP) is 1.08. The summed E-state index contributed by atoms with van der Waals surface area (Å²) in [6.45, 7) is 1.32. The number of fused-ring (bicyclic) bond motifs is 1. The lowest BCUT2D eigenvalue weighted by molar-refractivity contribution is -0.0459. The van der Waals surface area contributed by atoms with Crippen LogP contribution < -0.4 is 5.32 Å². The summed E-state index contributed by atoms with van der Waals surface area (Å²) in [4.78, 5) is 13.2. The number of imidazole rings is 1. The van der Waals surface area contributed by atoms with Crippen molar-refractivity contribution < 1.29 is 19.3 Å². The number of hydrogen-bond acceptors (Lipinski definition) is 7. The van der Waals surface area contributed by atoms with Crippen LogP contribution in [0.25, 0.3) is 11.2 Å². The van der Waals surface area contributed by atoms with Crippen molar-refractivity contribution in [2.45, 2.75) is 63.3 Å². The minimum absolute atomic E-state index is 0.361. The summed E-state index contributed by atoms with van der Waals surface area (Å²) in [7, 11) is 0. The second-order valence-electron chi connectivity index (χ2n) is 6.75. The standard InChI is InChI=1S/C16H22FN5O3/c1-8-19-14(21-9-4-2-3-5-9)12-15(20-8)22(7-18-12)16-11(17)13(24)10(6-23)25-16/h7,9-11,13,16,23-24H,2-6H2,1H3,(H,19,20,21)/t10-,11+,13-,16-/m1/s1. The van der Waals surface area contributed by atoms with Gasteiger partial charge in [-0.1, -0.05) is 12.8 Å². The monoisotopic (exact) mass is 351 g/mol. The fraction of sp³-hybridized carbons (Fsp3) is 0.688. The largest absolute Gasteiger partial charge is 0.394 e. The average molecular weight is 351 g/mol. The number of aromatic nitrogens is 4. The summed E-state index contributed by atoms with van der Waals surface area (Å²) in [5.41, 5.74) is 1.00. The molecule has 9 heteroatoms. The van der Waals surface area contributed by atoms with Crippen molar-refractivity contribution >= 4 is 17.0 Å². The maximum absolute atomic E-state index is 14.4. The van der Waals surface area contributed by atoms with E-state index in [1.54, 1.807) is 6.92 Å². The number of nitrogens with one attached hydrogen (secondary N) is 1. The molecule has 0 aromatic carbocycles. The normalized spacial score (nSPS) is 30.4. The maximum Gasteiger partial charge on any atom is 0.173 e. The van der Waals surface area contributed by atoms with E-state index in [2.05, 4.69) is 20.3 Å². The molecule has 1 saturated carbocycles. The first-order chi connectivity index (χ1) is 12.1. The lowest BCUT2D eigenvalue weighted by atomic mass is 10.1. The van der Waals surface area contributed by atoms with E-state index in [9.17, 15) is 14.6 Å². The van der Waals surface area contributed by atoms with Crippen LogP contribution in [0.2, 0.25) is 0 Å². The number of anilines is 1. The quantitative estimate of drug-likeness (QED) is 0.757. The van der Waals surface area contributed by atoms with E-state index in [0.29, 0.717) is 28.8 Å². The summed E-state index contributed by atoms with van der Waals surface area (Å²) in [5.74, 6) is 1.18. The Labute approximate surface area is 144 Å². The molecular weight excluding hydrogens is 329 g/mol. The van der Waals surface area contributed by atoms with Gasteiger partial charge in [0.25, 0.3) is 0 Å². The first-order valence-corrected chi connectivity index (χ1v) is 8.64. The van der Waals surface area contributed by atoms with Gasteiger partial charge in [-0.25, -0.2) is 19.3 Å². The summed E-state index contributed by atoms with van der Waals surface area (Å²) in [5, 5.41) is 22.5. The number of hydrogen-bond donors (Lipinski definition) is 3. The van der Waals surface area contributed by atoms with Gasteiger partial charge in [0.05, 0.1) is 12.9 Å². The molecule has 1 aliphatic carbocycles. The molecule has 0 radical (unpaired) electrons. The third-order valence-electron chi connectivity index (χ3n) is 4.98. The zero-order valence-electron chi connectivity index (χ0n) is 14.0. The highest BCUT2D eigenvalue weighted by molar-refractivity contribution is 5.83. The van der Waals surface area contributed by atoms with Crippen molar-refractivity contribution in [2.24, 2.45) is 0 Å². The van der Waals surface area contributed by atoms with Gasteiger partial charge in [0, 0.05) is 6.04 Å². The third kappa shape index (κ3) is 2.86. The topological polar surface area (TPSA) is 105 Å². The highest BCUT2D eigenvalue weighted by Gasteiger charge is 2.45. The van der Waals surface area contributed by atoms with E-state index in [0.717, 1.165) is 12.8 Å². The van der Waals surface area contributed by atoms with Crippen molar-refractivity contribution in [3.63, 3.8) is 0 Å². The molecule has 3 heterocycles. The van der Waals surface area contributed by atoms with Crippen LogP contribution in [-0.2, 0) is 4.74 Å². The summed E-state index contributed by atoms with van der Waals surface area (Å²) in [6, 6.07) is 0.361. The molecule has 0 bridgehead atoms. The van der Waals surface area contributed by atoms with Gasteiger partial charge in [-0.2, -0.15) is 0 Å². The van der Waals surface area contributed by atoms with Crippen molar-refractivity contribution in [1.29, 1.82) is 0 Å². The van der Waals surface area contributed by atoms with Gasteiger partial charge in [-0.15, -0.1) is 0 Å². The first-order valence-electron chi connectivity index (χ1n) is 8.64. The van der Waals surface area contributed by atoms with Crippen LogP contribution in [0, 0.1) is 6.92 Å². The maximum atomic E-state index is 14.4. The molecule has 3 N–H and O–H groups in total. The Kier molecular flexibility index (Phi) is 4.30. The van der Waals surface area contributed by atoms with E-state index in [-0.39, 0.29) is 0 Å². The Balaban J connectivity index is 1.70. The number of nitrogens with zero attached hydrogens (tertiary/aromatic N) is 4. The molecular formula is C16H22FN5O3. The number of aliphatic hydroxyl groups excluding tert-OH is 2. The molecule has 2 aromatic heterocycles. The Morgan fingerprint density at radius 1 is 1.36 bits per heavy atom. The average Bonchev–Trinajstić information content (AvgIpc) is 3.29. The highest BCUT2D eigenvalue weighted by atomic mass is 19.1. The predicted molar refractivity (Wildman–Crippen MR) is 87.8 cm³/mol. The molecule has 2 fully saturated rings. The van der Waals surface area contributed by atoms with Gasteiger partial charge in [0.1, 0.15) is 18.0 Å². The van der Waals surface area contributed by atoms with E-state index in [4.69, 9.17) is 4.74 Å². The second-order valence-corrected chi connectivity index (χ2v) is 6.75. The minimum atomic E-state index is -1.67. The van der Waals surface area contributed by atoms with Crippen LogP contribution in [0.15, 0.2) is 6.33 Å². The molecule has 2 aromatic rings. The summed E-state index contributed by atoms with van der Waals surface area (Å²) in [6.07, 6.45) is 0.924. The van der Waals surface area contributed by atoms with Crippen LogP contribution in [0.3, 0.4) is 0 Å². The Morgan fingerprint density at radius 3 is 2.80 bits per heavy atom. The van der Waals surface area contributed by atoms with Crippen LogP contribution in [0.5, 0.6) is 0 Å². The van der Waals surface area contributed by atoms with E-state index < -0.39 is 31.2 Å². The van der Waals surface area contributed by atoms with Crippen molar-refractivity contribution in [1.82, 2.24) is 19.5 Å². The van der Waals surface area contributed by atoms with E-state index in [1.807, 2.05) is 0 Å². The zero-order valence-corrected chi connectivity index (χ0v) is 14.0. The van der Waals surface area contributed by atoms with Crippen LogP contribution in [-0.4, -0.2) is 60.8 Å². The molecule has 8 nitrogen and oxygen atoms in total. The van der Waals surface area contributed by atoms with Crippen molar-refractivity contribution in [3.8, 4) is 0 Å². The second kappa shape index (κ2) is 6.47. The smallest absolute Gasteiger partial charge is 0.173 e. The molecule has 0 unspecified atom stereocenters. The van der Waals surface area contributed by atoms with Crippen molar-refractivity contribution in [3.05, 3.63) is 12.2 Å². The first kappa shape index (κ1) is 16.6. The van der Waals surface area contributed by atoms with Gasteiger partial charge >= 0.3 is 0 Å². The molecule has 4 atom stereocenters. The molecule has 4 rings (SSSR count). The van der Waals surface area contributed by atoms with Gasteiger partial charge in [0.15, 0.2) is 29.4 Å². The number of rotatable bonds is 4. The number of aryl methyl sites for hydroxylation is 1. The fourth-order valence-corrected chi connectivity index (χ4v) is 3.65. The minimum Gasteiger partial charge on any atom is -0.394 e. The number of ether oxygens (including phenoxy) is 1. The molecule has 1 saturated heterocycles. The van der Waals surface area contributed by atoms with Gasteiger partial charge < -0.3 is 20.3 Å². The SMILES string of the molecule is Cc1nc(NC2CCCC2)c2ncn([C@@H]3O[C@H](CO)[C@@H](O)[C@@H]3F)c2n1. The van der Waals surface area contributed by atoms with Crippen LogP contribution in [0.1, 0.15) is 37.7 Å². The Hall–Kier alpha value is -1.84.